The minimum atomic E-state index is -0.207. The number of carbonyl (C=O) groups excluding carboxylic acids is 1. The van der Waals surface area contributed by atoms with Crippen LogP contribution in [0, 0.1) is 11.7 Å². The third kappa shape index (κ3) is 5.75. The number of rotatable bonds is 6. The molecule has 4 aliphatic heterocycles. The zero-order chi connectivity index (χ0) is 34.6. The number of piperidine rings is 1. The first-order chi connectivity index (χ1) is 24.9. The molecule has 51 heavy (non-hydrogen) atoms. The summed E-state index contributed by atoms with van der Waals surface area (Å²) in [6.07, 6.45) is 3.79. The third-order valence-corrected chi connectivity index (χ3v) is 12.1. The number of ether oxygens (including phenoxy) is 2. The quantitative estimate of drug-likeness (QED) is 0.241. The molecule has 2 fully saturated rings. The van der Waals surface area contributed by atoms with Crippen LogP contribution < -0.4 is 24.6 Å². The van der Waals surface area contributed by atoms with Gasteiger partial charge < -0.3 is 29.7 Å². The average molecular weight is 689 g/mol. The van der Waals surface area contributed by atoms with Crippen LogP contribution in [0.15, 0.2) is 72.8 Å². The van der Waals surface area contributed by atoms with Crippen molar-refractivity contribution < 1.29 is 23.8 Å². The molecule has 3 atom stereocenters. The van der Waals surface area contributed by atoms with Gasteiger partial charge in [-0.05, 0) is 84.5 Å². The van der Waals surface area contributed by atoms with E-state index < -0.39 is 0 Å². The molecule has 0 aromatic heterocycles. The van der Waals surface area contributed by atoms with E-state index in [4.69, 9.17) is 9.47 Å². The number of carbonyl (C=O) groups is 1. The number of benzene rings is 4. The molecular weight excluding hydrogens is 643 g/mol. The number of phenols is 1. The Balaban J connectivity index is 0.884. The first-order valence-corrected chi connectivity index (χ1v) is 18.5. The number of amides is 1. The number of halogens is 1. The summed E-state index contributed by atoms with van der Waals surface area (Å²) in [5, 5.41) is 13.2. The maximum Gasteiger partial charge on any atom is 0.252 e. The molecule has 264 valence electrons. The first-order valence-electron chi connectivity index (χ1n) is 18.5. The molecule has 1 amide bonds. The van der Waals surface area contributed by atoms with E-state index in [2.05, 4.69) is 50.3 Å². The second-order valence-corrected chi connectivity index (χ2v) is 14.9. The number of piperazine rings is 1. The highest BCUT2D eigenvalue weighted by Crippen LogP contribution is 2.50. The molecule has 1 aliphatic carbocycles. The van der Waals surface area contributed by atoms with Crippen LogP contribution in [0.2, 0.25) is 0 Å². The molecule has 0 bridgehead atoms. The van der Waals surface area contributed by atoms with Crippen molar-refractivity contribution in [2.24, 2.45) is 5.92 Å². The van der Waals surface area contributed by atoms with Crippen LogP contribution in [0.3, 0.4) is 0 Å². The fraction of sp³-hybridized carbons (Fsp3) is 0.405. The van der Waals surface area contributed by atoms with Crippen molar-refractivity contribution >= 4 is 17.3 Å². The molecule has 4 heterocycles. The van der Waals surface area contributed by atoms with Crippen LogP contribution in [0.4, 0.5) is 15.8 Å². The van der Waals surface area contributed by atoms with E-state index in [-0.39, 0.29) is 35.4 Å². The van der Waals surface area contributed by atoms with Crippen LogP contribution in [0.5, 0.6) is 17.2 Å². The van der Waals surface area contributed by atoms with Crippen LogP contribution in [0.1, 0.15) is 69.3 Å². The predicted octanol–water partition coefficient (Wildman–Crippen LogP) is 6.44. The Labute approximate surface area is 298 Å². The summed E-state index contributed by atoms with van der Waals surface area (Å²) in [6.45, 7) is 6.70. The number of aryl methyl sites for hydroxylation is 1. The Morgan fingerprint density at radius 1 is 0.941 bits per heavy atom. The highest BCUT2D eigenvalue weighted by atomic mass is 19.1. The van der Waals surface area contributed by atoms with Crippen LogP contribution in [-0.4, -0.2) is 74.9 Å². The average Bonchev–Trinajstić information content (AvgIpc) is 3.55. The standard InChI is InChI=1S/C42H45FN4O4/c1-50-39-21-38(36(43)20-34(39)40-31(27-5-3-2-4-6-27)9-7-28-19-30(48)8-10-32(28)40)46-15-13-26(14-16-46)23-45-17-18-47-29(24-45)25-51-41-35-22-44-42(49)33(35)11-12-37(41)47/h2-6,8,10-12,19-21,26,29,31,40,48H,7,9,13-18,22-25H2,1H3,(H,44,49). The number of methoxy groups -OCH3 is 1. The van der Waals surface area contributed by atoms with Crippen molar-refractivity contribution in [3.8, 4) is 17.2 Å². The van der Waals surface area contributed by atoms with Gasteiger partial charge in [0.05, 0.1) is 24.5 Å². The van der Waals surface area contributed by atoms with Crippen molar-refractivity contribution in [3.63, 3.8) is 0 Å². The number of hydrogen-bond donors (Lipinski definition) is 2. The Morgan fingerprint density at radius 2 is 1.78 bits per heavy atom. The summed E-state index contributed by atoms with van der Waals surface area (Å²) >= 11 is 0. The highest BCUT2D eigenvalue weighted by Gasteiger charge is 2.38. The number of nitrogens with zero attached hydrogens (tertiary/aromatic N) is 3. The number of aromatic hydroxyl groups is 1. The topological polar surface area (TPSA) is 77.5 Å². The highest BCUT2D eigenvalue weighted by molar-refractivity contribution is 6.00. The lowest BCUT2D eigenvalue weighted by Crippen LogP contribution is -2.58. The molecule has 0 saturated carbocycles. The molecule has 3 unspecified atom stereocenters. The van der Waals surface area contributed by atoms with Crippen molar-refractivity contribution in [2.45, 2.75) is 50.1 Å². The normalized spacial score (nSPS) is 23.1. The van der Waals surface area contributed by atoms with Gasteiger partial charge in [-0.1, -0.05) is 36.4 Å². The van der Waals surface area contributed by atoms with Crippen LogP contribution >= 0.6 is 0 Å². The Kier molecular flexibility index (Phi) is 8.26. The van der Waals surface area contributed by atoms with Gasteiger partial charge in [-0.25, -0.2) is 4.39 Å². The molecule has 2 N–H and O–H groups in total. The minimum Gasteiger partial charge on any atom is -0.508 e. The maximum absolute atomic E-state index is 16.3. The number of fused-ring (bicyclic) bond motifs is 6. The summed E-state index contributed by atoms with van der Waals surface area (Å²) in [5.74, 6) is 2.25. The number of anilines is 2. The first kappa shape index (κ1) is 32.2. The van der Waals surface area contributed by atoms with E-state index >= 15 is 4.39 Å². The molecule has 4 aromatic carbocycles. The smallest absolute Gasteiger partial charge is 0.252 e. The van der Waals surface area contributed by atoms with Gasteiger partial charge in [-0.2, -0.15) is 0 Å². The van der Waals surface area contributed by atoms with Crippen LogP contribution in [0.25, 0.3) is 0 Å². The van der Waals surface area contributed by atoms with Crippen molar-refractivity contribution in [1.82, 2.24) is 10.2 Å². The summed E-state index contributed by atoms with van der Waals surface area (Å²) in [4.78, 5) is 19.4. The largest absolute Gasteiger partial charge is 0.508 e. The molecule has 0 spiro atoms. The van der Waals surface area contributed by atoms with E-state index in [1.165, 1.54) is 5.56 Å². The van der Waals surface area contributed by atoms with E-state index in [1.807, 2.05) is 30.3 Å². The Morgan fingerprint density at radius 3 is 2.61 bits per heavy atom. The molecule has 8 nitrogen and oxygen atoms in total. The number of nitrogens with one attached hydrogen (secondary N) is 1. The third-order valence-electron chi connectivity index (χ3n) is 12.1. The molecule has 0 radical (unpaired) electrons. The predicted molar refractivity (Wildman–Crippen MR) is 196 cm³/mol. The van der Waals surface area contributed by atoms with Gasteiger partial charge >= 0.3 is 0 Å². The zero-order valence-corrected chi connectivity index (χ0v) is 29.1. The summed E-state index contributed by atoms with van der Waals surface area (Å²) in [6, 6.07) is 24.0. The second kappa shape index (κ2) is 13.1. The summed E-state index contributed by atoms with van der Waals surface area (Å²) in [7, 11) is 1.69. The minimum absolute atomic E-state index is 0.0154. The van der Waals surface area contributed by atoms with Crippen LogP contribution in [-0.2, 0) is 13.0 Å². The van der Waals surface area contributed by atoms with Gasteiger partial charge in [-0.15, -0.1) is 0 Å². The second-order valence-electron chi connectivity index (χ2n) is 14.9. The molecule has 4 aromatic rings. The fourth-order valence-corrected chi connectivity index (χ4v) is 9.57. The summed E-state index contributed by atoms with van der Waals surface area (Å²) < 4.78 is 28.6. The van der Waals surface area contributed by atoms with E-state index in [0.717, 1.165) is 104 Å². The lowest BCUT2D eigenvalue weighted by atomic mass is 9.69. The SMILES string of the molecule is COc1cc(N2CCC(CN3CCN4c5ccc6c(c5OCC4C3)CNC6=O)CC2)c(F)cc1C1c2ccc(O)cc2CCC1c1ccccc1. The van der Waals surface area contributed by atoms with E-state index in [0.29, 0.717) is 30.5 Å². The lowest BCUT2D eigenvalue weighted by molar-refractivity contribution is 0.0965. The number of hydrogen-bond acceptors (Lipinski definition) is 7. The van der Waals surface area contributed by atoms with Gasteiger partial charge in [0.2, 0.25) is 0 Å². The zero-order valence-electron chi connectivity index (χ0n) is 29.1. The maximum atomic E-state index is 16.3. The van der Waals surface area contributed by atoms with E-state index in [1.54, 1.807) is 19.2 Å². The molecule has 5 aliphatic rings. The molecule has 9 rings (SSSR count). The number of phenolic OH excluding ortho intramolecular Hbond substituents is 1. The summed E-state index contributed by atoms with van der Waals surface area (Å²) in [5.41, 5.74) is 7.78. The fourth-order valence-electron chi connectivity index (χ4n) is 9.57. The molecule has 9 heteroatoms. The Bertz CT molecular complexity index is 1960. The molecule has 2 saturated heterocycles. The van der Waals surface area contributed by atoms with Crippen molar-refractivity contribution in [3.05, 3.63) is 112 Å². The van der Waals surface area contributed by atoms with Gasteiger partial charge in [0.15, 0.2) is 0 Å². The van der Waals surface area contributed by atoms with Gasteiger partial charge in [0.25, 0.3) is 5.91 Å². The van der Waals surface area contributed by atoms with Gasteiger partial charge in [-0.3, -0.25) is 9.69 Å². The van der Waals surface area contributed by atoms with Gasteiger partial charge in [0.1, 0.15) is 29.7 Å². The Hall–Kier alpha value is -4.76. The lowest BCUT2D eigenvalue weighted by Gasteiger charge is -2.47. The van der Waals surface area contributed by atoms with Gasteiger partial charge in [0, 0.05) is 74.5 Å². The monoisotopic (exact) mass is 688 g/mol. The van der Waals surface area contributed by atoms with Crippen molar-refractivity contribution in [1.29, 1.82) is 0 Å². The van der Waals surface area contributed by atoms with E-state index in [9.17, 15) is 9.90 Å². The molecular formula is C42H45FN4O4. The van der Waals surface area contributed by atoms with Crippen molar-refractivity contribution in [2.75, 3.05) is 62.8 Å².